The Bertz CT molecular complexity index is 615. The highest BCUT2D eigenvalue weighted by molar-refractivity contribution is 7.17. The molecule has 0 unspecified atom stereocenters. The molecule has 0 aliphatic heterocycles. The predicted octanol–water partition coefficient (Wildman–Crippen LogP) is 2.99. The molecule has 0 aliphatic rings. The predicted molar refractivity (Wildman–Crippen MR) is 72.4 cm³/mol. The molecule has 0 atom stereocenters. The van der Waals surface area contributed by atoms with Crippen molar-refractivity contribution in [3.63, 3.8) is 0 Å². The quantitative estimate of drug-likeness (QED) is 0.809. The Morgan fingerprint density at radius 3 is 2.32 bits per heavy atom. The molecule has 0 spiro atoms. The van der Waals surface area contributed by atoms with Crippen molar-refractivity contribution in [2.24, 2.45) is 0 Å². The van der Waals surface area contributed by atoms with Crippen molar-refractivity contribution in [3.8, 4) is 10.4 Å². The minimum absolute atomic E-state index is 0.383. The van der Waals surface area contributed by atoms with E-state index in [1.165, 1.54) is 25.6 Å². The Morgan fingerprint density at radius 1 is 0.947 bits per heavy atom. The second-order valence-corrected chi connectivity index (χ2v) is 4.78. The number of thiophene rings is 1. The average Bonchev–Trinajstić information content (AvgIpc) is 2.95. The second-order valence-electron chi connectivity index (χ2n) is 3.69. The highest BCUT2D eigenvalue weighted by Crippen LogP contribution is 2.31. The molecular weight excluding hydrogens is 264 g/mol. The maximum atomic E-state index is 11.7. The van der Waals surface area contributed by atoms with Crippen molar-refractivity contribution in [2.45, 2.75) is 0 Å². The van der Waals surface area contributed by atoms with Crippen LogP contribution in [0.15, 0.2) is 36.4 Å². The van der Waals surface area contributed by atoms with Gasteiger partial charge in [-0.1, -0.05) is 18.2 Å². The normalized spacial score (nSPS) is 10.0. The molecule has 2 aromatic rings. The smallest absolute Gasteiger partial charge is 0.348 e. The van der Waals surface area contributed by atoms with Crippen molar-refractivity contribution >= 4 is 23.3 Å². The molecule has 0 N–H and O–H groups in total. The van der Waals surface area contributed by atoms with Crippen molar-refractivity contribution in [1.82, 2.24) is 0 Å². The first kappa shape index (κ1) is 13.3. The van der Waals surface area contributed by atoms with Crippen LogP contribution in [0.3, 0.4) is 0 Å². The van der Waals surface area contributed by atoms with Crippen LogP contribution in [0.2, 0.25) is 0 Å². The molecule has 1 aromatic heterocycles. The monoisotopic (exact) mass is 276 g/mol. The van der Waals surface area contributed by atoms with Crippen LogP contribution < -0.4 is 0 Å². The van der Waals surface area contributed by atoms with Crippen LogP contribution in [-0.2, 0) is 9.47 Å². The van der Waals surface area contributed by atoms with Gasteiger partial charge in [0.05, 0.1) is 19.8 Å². The topological polar surface area (TPSA) is 52.6 Å². The summed E-state index contributed by atoms with van der Waals surface area (Å²) in [5.74, 6) is -0.782. The Morgan fingerprint density at radius 2 is 1.63 bits per heavy atom. The van der Waals surface area contributed by atoms with Gasteiger partial charge in [-0.25, -0.2) is 9.59 Å². The zero-order valence-corrected chi connectivity index (χ0v) is 11.3. The third-order valence-corrected chi connectivity index (χ3v) is 3.69. The zero-order chi connectivity index (χ0) is 13.8. The van der Waals surface area contributed by atoms with E-state index in [-0.39, 0.29) is 5.97 Å². The summed E-state index contributed by atoms with van der Waals surface area (Å²) < 4.78 is 9.41. The number of methoxy groups -OCH3 is 2. The number of esters is 2. The van der Waals surface area contributed by atoms with E-state index in [4.69, 9.17) is 4.74 Å². The molecule has 0 aliphatic carbocycles. The summed E-state index contributed by atoms with van der Waals surface area (Å²) in [4.78, 5) is 24.4. The molecule has 5 heteroatoms. The number of rotatable bonds is 3. The maximum Gasteiger partial charge on any atom is 0.348 e. The SMILES string of the molecule is COC(=O)c1ccc(-c2ccccc2C(=O)OC)s1. The van der Waals surface area contributed by atoms with Gasteiger partial charge in [-0.05, 0) is 18.2 Å². The van der Waals surface area contributed by atoms with Gasteiger partial charge < -0.3 is 9.47 Å². The summed E-state index contributed by atoms with van der Waals surface area (Å²) in [6.45, 7) is 0. The molecule has 0 amide bonds. The van der Waals surface area contributed by atoms with Crippen molar-refractivity contribution in [3.05, 3.63) is 46.8 Å². The van der Waals surface area contributed by atoms with Crippen LogP contribution in [0.25, 0.3) is 10.4 Å². The molecular formula is C14H12O4S. The molecule has 0 saturated heterocycles. The van der Waals surface area contributed by atoms with Crippen LogP contribution in [0.4, 0.5) is 0 Å². The van der Waals surface area contributed by atoms with E-state index in [1.807, 2.05) is 12.1 Å². The van der Waals surface area contributed by atoms with Gasteiger partial charge in [0.2, 0.25) is 0 Å². The summed E-state index contributed by atoms with van der Waals surface area (Å²) in [6.07, 6.45) is 0. The van der Waals surface area contributed by atoms with Gasteiger partial charge in [-0.15, -0.1) is 11.3 Å². The number of carbonyl (C=O) groups excluding carboxylic acids is 2. The molecule has 0 bridgehead atoms. The van der Waals surface area contributed by atoms with E-state index in [1.54, 1.807) is 24.3 Å². The summed E-state index contributed by atoms with van der Waals surface area (Å²) in [5, 5.41) is 0. The van der Waals surface area contributed by atoms with Gasteiger partial charge in [-0.3, -0.25) is 0 Å². The molecule has 0 saturated carbocycles. The molecule has 98 valence electrons. The fraction of sp³-hybridized carbons (Fsp3) is 0.143. The van der Waals surface area contributed by atoms with E-state index in [2.05, 4.69) is 4.74 Å². The van der Waals surface area contributed by atoms with Crippen LogP contribution >= 0.6 is 11.3 Å². The van der Waals surface area contributed by atoms with Gasteiger partial charge in [-0.2, -0.15) is 0 Å². The summed E-state index contributed by atoms with van der Waals surface area (Å²) in [7, 11) is 2.68. The Kier molecular flexibility index (Phi) is 3.97. The van der Waals surface area contributed by atoms with Crippen LogP contribution in [0.5, 0.6) is 0 Å². The molecule has 19 heavy (non-hydrogen) atoms. The van der Waals surface area contributed by atoms with Crippen LogP contribution in [0.1, 0.15) is 20.0 Å². The van der Waals surface area contributed by atoms with Gasteiger partial charge in [0.25, 0.3) is 0 Å². The van der Waals surface area contributed by atoms with E-state index >= 15 is 0 Å². The summed E-state index contributed by atoms with van der Waals surface area (Å²) in [6, 6.07) is 10.6. The van der Waals surface area contributed by atoms with Gasteiger partial charge in [0.15, 0.2) is 0 Å². The first-order valence-corrected chi connectivity index (χ1v) is 6.35. The van der Waals surface area contributed by atoms with E-state index in [9.17, 15) is 9.59 Å². The molecule has 4 nitrogen and oxygen atoms in total. The zero-order valence-electron chi connectivity index (χ0n) is 10.5. The number of hydrogen-bond donors (Lipinski definition) is 0. The lowest BCUT2D eigenvalue weighted by atomic mass is 10.1. The molecule has 0 fully saturated rings. The highest BCUT2D eigenvalue weighted by atomic mass is 32.1. The minimum atomic E-state index is -0.399. The summed E-state index contributed by atoms with van der Waals surface area (Å²) >= 11 is 1.28. The number of benzene rings is 1. The number of carbonyl (C=O) groups is 2. The maximum absolute atomic E-state index is 11.7. The third kappa shape index (κ3) is 2.66. The molecule has 1 aromatic carbocycles. The Labute approximate surface area is 114 Å². The van der Waals surface area contributed by atoms with Crippen molar-refractivity contribution < 1.29 is 19.1 Å². The number of hydrogen-bond acceptors (Lipinski definition) is 5. The standard InChI is InChI=1S/C14H12O4S/c1-17-13(15)10-6-4-3-5-9(10)11-7-8-12(19-11)14(16)18-2/h3-8H,1-2H3. The largest absolute Gasteiger partial charge is 0.465 e. The van der Waals surface area contributed by atoms with Gasteiger partial charge >= 0.3 is 11.9 Å². The Hall–Kier alpha value is -2.14. The van der Waals surface area contributed by atoms with Crippen molar-refractivity contribution in [1.29, 1.82) is 0 Å². The van der Waals surface area contributed by atoms with Gasteiger partial charge in [0, 0.05) is 10.4 Å². The van der Waals surface area contributed by atoms with E-state index < -0.39 is 5.97 Å². The fourth-order valence-electron chi connectivity index (χ4n) is 1.68. The first-order chi connectivity index (χ1) is 9.17. The van der Waals surface area contributed by atoms with Crippen LogP contribution in [-0.4, -0.2) is 26.2 Å². The molecule has 2 rings (SSSR count). The third-order valence-electron chi connectivity index (χ3n) is 2.59. The fourth-order valence-corrected chi connectivity index (χ4v) is 2.64. The number of ether oxygens (including phenoxy) is 2. The van der Waals surface area contributed by atoms with E-state index in [0.717, 1.165) is 10.4 Å². The van der Waals surface area contributed by atoms with Gasteiger partial charge in [0.1, 0.15) is 4.88 Å². The average molecular weight is 276 g/mol. The van der Waals surface area contributed by atoms with Crippen LogP contribution in [0, 0.1) is 0 Å². The Balaban J connectivity index is 2.45. The highest BCUT2D eigenvalue weighted by Gasteiger charge is 2.16. The lowest BCUT2D eigenvalue weighted by Gasteiger charge is -2.05. The second kappa shape index (κ2) is 5.67. The minimum Gasteiger partial charge on any atom is -0.465 e. The first-order valence-electron chi connectivity index (χ1n) is 5.53. The molecule has 1 heterocycles. The lowest BCUT2D eigenvalue weighted by molar-refractivity contribution is 0.0595. The van der Waals surface area contributed by atoms with Crippen molar-refractivity contribution in [2.75, 3.05) is 14.2 Å². The lowest BCUT2D eigenvalue weighted by Crippen LogP contribution is -2.02. The summed E-state index contributed by atoms with van der Waals surface area (Å²) in [5.41, 5.74) is 1.22. The molecule has 0 radical (unpaired) electrons. The van der Waals surface area contributed by atoms with E-state index in [0.29, 0.717) is 10.4 Å².